The Bertz CT molecular complexity index is 876. The van der Waals surface area contributed by atoms with E-state index in [1.165, 1.54) is 21.9 Å². The van der Waals surface area contributed by atoms with Gasteiger partial charge in [-0.1, -0.05) is 23.2 Å². The number of amides is 2. The molecule has 0 N–H and O–H groups in total. The van der Waals surface area contributed by atoms with Gasteiger partial charge in [0.15, 0.2) is 13.2 Å². The smallest absolute Gasteiger partial charge is 0.348 e. The lowest BCUT2D eigenvalue weighted by Gasteiger charge is -2.34. The van der Waals surface area contributed by atoms with E-state index in [9.17, 15) is 19.2 Å². The van der Waals surface area contributed by atoms with E-state index in [-0.39, 0.29) is 25.0 Å². The highest BCUT2D eigenvalue weighted by molar-refractivity contribution is 7.18. The summed E-state index contributed by atoms with van der Waals surface area (Å²) in [6.45, 7) is 0.401. The van der Waals surface area contributed by atoms with Gasteiger partial charge in [-0.15, -0.1) is 22.7 Å². The first kappa shape index (κ1) is 22.5. The lowest BCUT2D eigenvalue weighted by atomic mass is 10.3. The van der Waals surface area contributed by atoms with Gasteiger partial charge in [-0.05, 0) is 24.3 Å². The number of hydrogen-bond donors (Lipinski definition) is 0. The first-order chi connectivity index (χ1) is 14.3. The predicted molar refractivity (Wildman–Crippen MR) is 112 cm³/mol. The Balaban J connectivity index is 1.38. The molecule has 1 aliphatic rings. The topological polar surface area (TPSA) is 93.2 Å². The SMILES string of the molecule is O=C(OCC(=O)N1CCN(C(=O)COC(=O)c2ccc(Cl)s2)CC1)c1ccc(Cl)s1. The van der Waals surface area contributed by atoms with Gasteiger partial charge in [0.25, 0.3) is 11.8 Å². The van der Waals surface area contributed by atoms with Crippen molar-refractivity contribution in [2.45, 2.75) is 0 Å². The van der Waals surface area contributed by atoms with Crippen LogP contribution in [0.4, 0.5) is 0 Å². The van der Waals surface area contributed by atoms with Crippen LogP contribution in [0.3, 0.4) is 0 Å². The molecule has 2 amide bonds. The molecule has 0 atom stereocenters. The molecule has 0 aromatic carbocycles. The molecule has 2 aromatic heterocycles. The van der Waals surface area contributed by atoms with Gasteiger partial charge in [-0.2, -0.15) is 0 Å². The van der Waals surface area contributed by atoms with Crippen LogP contribution in [0.15, 0.2) is 24.3 Å². The predicted octanol–water partition coefficient (Wildman–Crippen LogP) is 2.80. The second kappa shape index (κ2) is 10.3. The van der Waals surface area contributed by atoms with Crippen LogP contribution >= 0.6 is 45.9 Å². The number of halogens is 2. The van der Waals surface area contributed by atoms with Crippen LogP contribution in [-0.4, -0.2) is 72.9 Å². The number of esters is 2. The molecule has 0 aliphatic carbocycles. The molecule has 12 heteroatoms. The van der Waals surface area contributed by atoms with Crippen LogP contribution in [0.25, 0.3) is 0 Å². The van der Waals surface area contributed by atoms with Crippen molar-refractivity contribution >= 4 is 69.6 Å². The van der Waals surface area contributed by atoms with E-state index in [0.29, 0.717) is 44.6 Å². The normalized spacial score (nSPS) is 13.8. The molecule has 0 bridgehead atoms. The summed E-state index contributed by atoms with van der Waals surface area (Å²) in [5.74, 6) is -1.91. The number of carbonyl (C=O) groups is 4. The van der Waals surface area contributed by atoms with Gasteiger partial charge in [0.1, 0.15) is 9.75 Å². The number of ether oxygens (including phenoxy) is 2. The minimum atomic E-state index is -0.608. The maximum Gasteiger partial charge on any atom is 0.348 e. The molecule has 8 nitrogen and oxygen atoms in total. The van der Waals surface area contributed by atoms with Gasteiger partial charge in [-0.3, -0.25) is 9.59 Å². The molecular formula is C18H16Cl2N2O6S2. The van der Waals surface area contributed by atoms with Crippen molar-refractivity contribution in [1.29, 1.82) is 0 Å². The summed E-state index contributed by atoms with van der Waals surface area (Å²) >= 11 is 13.7. The summed E-state index contributed by atoms with van der Waals surface area (Å²) in [6.07, 6.45) is 0. The second-order valence-corrected chi connectivity index (χ2v) is 9.55. The van der Waals surface area contributed by atoms with Crippen LogP contribution in [0.5, 0.6) is 0 Å². The van der Waals surface area contributed by atoms with Crippen molar-refractivity contribution in [2.24, 2.45) is 0 Å². The van der Waals surface area contributed by atoms with Crippen LogP contribution < -0.4 is 0 Å². The summed E-state index contributed by atoms with van der Waals surface area (Å²) in [6, 6.07) is 6.22. The number of thiophene rings is 2. The summed E-state index contributed by atoms with van der Waals surface area (Å²) in [5.41, 5.74) is 0. The monoisotopic (exact) mass is 490 g/mol. The maximum atomic E-state index is 12.2. The van der Waals surface area contributed by atoms with E-state index >= 15 is 0 Å². The molecule has 0 radical (unpaired) electrons. The molecular weight excluding hydrogens is 475 g/mol. The minimum absolute atomic E-state index is 0.293. The third kappa shape index (κ3) is 5.94. The van der Waals surface area contributed by atoms with E-state index in [1.54, 1.807) is 12.1 Å². The van der Waals surface area contributed by atoms with Crippen LogP contribution in [0.2, 0.25) is 8.67 Å². The molecule has 2 aromatic rings. The molecule has 0 spiro atoms. The van der Waals surface area contributed by atoms with Gasteiger partial charge in [0, 0.05) is 26.2 Å². The Morgan fingerprint density at radius 1 is 0.733 bits per heavy atom. The van der Waals surface area contributed by atoms with Gasteiger partial charge in [-0.25, -0.2) is 9.59 Å². The summed E-state index contributed by atoms with van der Waals surface area (Å²) in [5, 5.41) is 0. The highest BCUT2D eigenvalue weighted by atomic mass is 35.5. The van der Waals surface area contributed by atoms with E-state index in [1.807, 2.05) is 0 Å². The summed E-state index contributed by atoms with van der Waals surface area (Å²) in [4.78, 5) is 51.9. The van der Waals surface area contributed by atoms with Gasteiger partial charge in [0.2, 0.25) is 0 Å². The maximum absolute atomic E-state index is 12.2. The zero-order chi connectivity index (χ0) is 21.7. The quantitative estimate of drug-likeness (QED) is 0.577. The fraction of sp³-hybridized carbons (Fsp3) is 0.333. The molecule has 0 unspecified atom stereocenters. The molecule has 1 saturated heterocycles. The van der Waals surface area contributed by atoms with Crippen LogP contribution in [0, 0.1) is 0 Å². The van der Waals surface area contributed by atoms with E-state index in [4.69, 9.17) is 32.7 Å². The minimum Gasteiger partial charge on any atom is -0.451 e. The lowest BCUT2D eigenvalue weighted by molar-refractivity contribution is -0.142. The molecule has 3 rings (SSSR count). The van der Waals surface area contributed by atoms with E-state index < -0.39 is 11.9 Å². The Morgan fingerprint density at radius 2 is 1.10 bits per heavy atom. The van der Waals surface area contributed by atoms with Crippen molar-refractivity contribution in [1.82, 2.24) is 9.80 Å². The largest absolute Gasteiger partial charge is 0.451 e. The highest BCUT2D eigenvalue weighted by Crippen LogP contribution is 2.23. The third-order valence-corrected chi connectivity index (χ3v) is 6.61. The van der Waals surface area contributed by atoms with Crippen molar-refractivity contribution in [3.8, 4) is 0 Å². The summed E-state index contributed by atoms with van der Waals surface area (Å²) in [7, 11) is 0. The van der Waals surface area contributed by atoms with Gasteiger partial charge >= 0.3 is 11.9 Å². The molecule has 1 fully saturated rings. The molecule has 0 saturated carbocycles. The van der Waals surface area contributed by atoms with Crippen LogP contribution in [-0.2, 0) is 19.1 Å². The number of hydrogen-bond acceptors (Lipinski definition) is 8. The Labute approximate surface area is 189 Å². The first-order valence-electron chi connectivity index (χ1n) is 8.74. The van der Waals surface area contributed by atoms with Crippen molar-refractivity contribution < 1.29 is 28.7 Å². The Morgan fingerprint density at radius 3 is 1.40 bits per heavy atom. The fourth-order valence-corrected chi connectivity index (χ4v) is 4.51. The second-order valence-electron chi connectivity index (χ2n) is 6.12. The Kier molecular flexibility index (Phi) is 7.70. The van der Waals surface area contributed by atoms with Crippen molar-refractivity contribution in [3.63, 3.8) is 0 Å². The number of carbonyl (C=O) groups excluding carboxylic acids is 4. The standard InChI is InChI=1S/C18H16Cl2N2O6S2/c19-13-3-1-11(29-13)17(25)27-9-15(23)21-5-7-22(8-6-21)16(24)10-28-18(26)12-2-4-14(20)30-12/h1-4H,5-10H2. The van der Waals surface area contributed by atoms with Crippen molar-refractivity contribution in [2.75, 3.05) is 39.4 Å². The molecule has 3 heterocycles. The van der Waals surface area contributed by atoms with Crippen LogP contribution in [0.1, 0.15) is 19.3 Å². The summed E-state index contributed by atoms with van der Waals surface area (Å²) < 4.78 is 10.9. The molecule has 30 heavy (non-hydrogen) atoms. The number of nitrogens with zero attached hydrogens (tertiary/aromatic N) is 2. The van der Waals surface area contributed by atoms with Gasteiger partial charge in [0.05, 0.1) is 8.67 Å². The van der Waals surface area contributed by atoms with Crippen molar-refractivity contribution in [3.05, 3.63) is 42.7 Å². The zero-order valence-electron chi connectivity index (χ0n) is 15.5. The lowest BCUT2D eigenvalue weighted by Crippen LogP contribution is -2.52. The number of piperazine rings is 1. The first-order valence-corrected chi connectivity index (χ1v) is 11.1. The fourth-order valence-electron chi connectivity index (χ4n) is 2.63. The average Bonchev–Trinajstić information content (AvgIpc) is 3.38. The highest BCUT2D eigenvalue weighted by Gasteiger charge is 2.26. The Hall–Kier alpha value is -2.14. The van der Waals surface area contributed by atoms with Gasteiger partial charge < -0.3 is 19.3 Å². The molecule has 160 valence electrons. The third-order valence-electron chi connectivity index (χ3n) is 4.19. The zero-order valence-corrected chi connectivity index (χ0v) is 18.6. The molecule has 1 aliphatic heterocycles. The van der Waals surface area contributed by atoms with E-state index in [0.717, 1.165) is 22.7 Å². The average molecular weight is 491 g/mol. The number of rotatable bonds is 6. The van der Waals surface area contributed by atoms with E-state index in [2.05, 4.69) is 0 Å².